The third-order valence-electron chi connectivity index (χ3n) is 5.43. The van der Waals surface area contributed by atoms with Gasteiger partial charge in [-0.15, -0.1) is 0 Å². The number of nitrogens with zero attached hydrogens (tertiary/aromatic N) is 4. The summed E-state index contributed by atoms with van der Waals surface area (Å²) in [6.07, 6.45) is 8.13. The first-order valence-corrected chi connectivity index (χ1v) is 10.8. The summed E-state index contributed by atoms with van der Waals surface area (Å²) in [7, 11) is 0. The van der Waals surface area contributed by atoms with Gasteiger partial charge in [0.25, 0.3) is 11.5 Å². The first-order valence-electron chi connectivity index (χ1n) is 10.8. The summed E-state index contributed by atoms with van der Waals surface area (Å²) in [5.41, 5.74) is 2.93. The maximum Gasteiger partial charge on any atom is 0.268 e. The van der Waals surface area contributed by atoms with E-state index in [1.54, 1.807) is 33.5 Å². The van der Waals surface area contributed by atoms with Crippen molar-refractivity contribution in [3.8, 4) is 0 Å². The molecular weight excluding hydrogens is 402 g/mol. The fourth-order valence-electron chi connectivity index (χ4n) is 3.92. The zero-order valence-electron chi connectivity index (χ0n) is 18.3. The topological polar surface area (TPSA) is 81.3 Å². The second-order valence-corrected chi connectivity index (χ2v) is 8.36. The number of fused-ring (bicyclic) bond motifs is 1. The van der Waals surface area contributed by atoms with Crippen LogP contribution >= 0.6 is 0 Å². The molecule has 4 heterocycles. The summed E-state index contributed by atoms with van der Waals surface area (Å²) in [5.74, 6) is 0.530. The van der Waals surface area contributed by atoms with Crippen LogP contribution in [0, 0.1) is 5.92 Å². The smallest absolute Gasteiger partial charge is 0.268 e. The van der Waals surface area contributed by atoms with E-state index in [1.807, 2.05) is 36.7 Å². The van der Waals surface area contributed by atoms with Crippen LogP contribution in [0.5, 0.6) is 0 Å². The molecule has 7 heteroatoms. The lowest BCUT2D eigenvalue weighted by molar-refractivity contribution is 0.0943. The molecule has 1 amide bonds. The van der Waals surface area contributed by atoms with Crippen molar-refractivity contribution in [1.29, 1.82) is 0 Å². The van der Waals surface area contributed by atoms with Gasteiger partial charge < -0.3 is 9.88 Å². The number of carbonyl (C=O) groups excluding carboxylic acids is 1. The van der Waals surface area contributed by atoms with Crippen molar-refractivity contribution in [3.63, 3.8) is 0 Å². The van der Waals surface area contributed by atoms with Crippen LogP contribution in [-0.2, 0) is 6.54 Å². The predicted molar refractivity (Wildman–Crippen MR) is 124 cm³/mol. The van der Waals surface area contributed by atoms with E-state index in [9.17, 15) is 9.59 Å². The lowest BCUT2D eigenvalue weighted by atomic mass is 9.91. The van der Waals surface area contributed by atoms with Crippen LogP contribution in [0.2, 0.25) is 0 Å². The molecule has 0 bridgehead atoms. The van der Waals surface area contributed by atoms with Crippen LogP contribution < -0.4 is 10.9 Å². The Morgan fingerprint density at radius 3 is 2.72 bits per heavy atom. The van der Waals surface area contributed by atoms with E-state index in [0.29, 0.717) is 36.0 Å². The first kappa shape index (κ1) is 21.5. The predicted octanol–water partition coefficient (Wildman–Crippen LogP) is 3.50. The normalized spacial score (nSPS) is 12.2. The highest BCUT2D eigenvalue weighted by atomic mass is 16.2. The monoisotopic (exact) mass is 429 g/mol. The van der Waals surface area contributed by atoms with Crippen LogP contribution in [0.1, 0.15) is 47.9 Å². The molecular formula is C25H27N5O2. The average Bonchev–Trinajstić information content (AvgIpc) is 3.21. The Morgan fingerprint density at radius 2 is 1.97 bits per heavy atom. The van der Waals surface area contributed by atoms with Crippen LogP contribution in [0.3, 0.4) is 0 Å². The molecule has 4 aromatic heterocycles. The summed E-state index contributed by atoms with van der Waals surface area (Å²) in [5, 5.41) is 3.09. The van der Waals surface area contributed by atoms with E-state index >= 15 is 0 Å². The Kier molecular flexibility index (Phi) is 6.44. The molecule has 164 valence electrons. The number of carbonyl (C=O) groups is 1. The molecule has 0 aliphatic rings. The lowest BCUT2D eigenvalue weighted by Gasteiger charge is -2.20. The first-order chi connectivity index (χ1) is 15.5. The molecule has 1 atom stereocenters. The molecule has 0 spiro atoms. The van der Waals surface area contributed by atoms with Crippen LogP contribution in [0.4, 0.5) is 0 Å². The number of imidazole rings is 1. The SMILES string of the molecule is CC(C)CC(CNC(=O)c1cccc2nc(Cn3ccccc3=O)cn12)c1cccnc1. The van der Waals surface area contributed by atoms with Crippen LogP contribution in [0.25, 0.3) is 5.65 Å². The number of aromatic nitrogens is 4. The maximum absolute atomic E-state index is 13.1. The number of rotatable bonds is 8. The molecule has 0 radical (unpaired) electrons. The summed E-state index contributed by atoms with van der Waals surface area (Å²) < 4.78 is 3.37. The number of hydrogen-bond acceptors (Lipinski definition) is 4. The Labute approximate surface area is 186 Å². The van der Waals surface area contributed by atoms with Crippen molar-refractivity contribution in [1.82, 2.24) is 24.3 Å². The van der Waals surface area contributed by atoms with E-state index < -0.39 is 0 Å². The van der Waals surface area contributed by atoms with Crippen LogP contribution in [-0.4, -0.2) is 31.4 Å². The minimum Gasteiger partial charge on any atom is -0.350 e. The molecule has 0 aliphatic carbocycles. The number of amides is 1. The Hall–Kier alpha value is -3.74. The van der Waals surface area contributed by atoms with Gasteiger partial charge in [0.15, 0.2) is 0 Å². The number of pyridine rings is 3. The fraction of sp³-hybridized carbons (Fsp3) is 0.280. The molecule has 1 N–H and O–H groups in total. The summed E-state index contributed by atoms with van der Waals surface area (Å²) in [6, 6.07) is 14.5. The minimum absolute atomic E-state index is 0.0888. The molecule has 7 nitrogen and oxygen atoms in total. The Balaban J connectivity index is 1.53. The number of hydrogen-bond donors (Lipinski definition) is 1. The van der Waals surface area contributed by atoms with Gasteiger partial charge in [0, 0.05) is 43.3 Å². The highest BCUT2D eigenvalue weighted by Gasteiger charge is 2.17. The summed E-state index contributed by atoms with van der Waals surface area (Å²) in [6.45, 7) is 5.23. The molecule has 4 aromatic rings. The van der Waals surface area contributed by atoms with Crippen molar-refractivity contribution in [3.05, 3.63) is 101 Å². The van der Waals surface area contributed by atoms with Gasteiger partial charge in [0.1, 0.15) is 11.3 Å². The molecule has 0 saturated carbocycles. The second kappa shape index (κ2) is 9.60. The molecule has 0 saturated heterocycles. The quantitative estimate of drug-likeness (QED) is 0.465. The average molecular weight is 430 g/mol. The van der Waals surface area contributed by atoms with Gasteiger partial charge in [-0.25, -0.2) is 4.98 Å². The van der Waals surface area contributed by atoms with Crippen molar-refractivity contribution < 1.29 is 4.79 Å². The number of nitrogens with one attached hydrogen (secondary N) is 1. The Morgan fingerprint density at radius 1 is 1.09 bits per heavy atom. The zero-order valence-corrected chi connectivity index (χ0v) is 18.3. The van der Waals surface area contributed by atoms with Crippen molar-refractivity contribution >= 4 is 11.6 Å². The Bertz CT molecular complexity index is 1260. The second-order valence-electron chi connectivity index (χ2n) is 8.36. The fourth-order valence-corrected chi connectivity index (χ4v) is 3.92. The van der Waals surface area contributed by atoms with Gasteiger partial charge in [0.05, 0.1) is 12.2 Å². The van der Waals surface area contributed by atoms with Crippen molar-refractivity contribution in [2.75, 3.05) is 6.54 Å². The van der Waals surface area contributed by atoms with Gasteiger partial charge >= 0.3 is 0 Å². The molecule has 0 fully saturated rings. The van der Waals surface area contributed by atoms with Gasteiger partial charge in [-0.3, -0.25) is 19.0 Å². The largest absolute Gasteiger partial charge is 0.350 e. The lowest BCUT2D eigenvalue weighted by Crippen LogP contribution is -2.30. The van der Waals surface area contributed by atoms with E-state index in [2.05, 4.69) is 35.2 Å². The van der Waals surface area contributed by atoms with E-state index in [0.717, 1.165) is 12.0 Å². The highest BCUT2D eigenvalue weighted by molar-refractivity contribution is 5.93. The van der Waals surface area contributed by atoms with E-state index in [4.69, 9.17) is 0 Å². The molecule has 1 unspecified atom stereocenters. The summed E-state index contributed by atoms with van der Waals surface area (Å²) >= 11 is 0. The molecule has 0 aliphatic heterocycles. The van der Waals surface area contributed by atoms with Crippen molar-refractivity contribution in [2.24, 2.45) is 5.92 Å². The van der Waals surface area contributed by atoms with E-state index in [-0.39, 0.29) is 17.4 Å². The highest BCUT2D eigenvalue weighted by Crippen LogP contribution is 2.22. The van der Waals surface area contributed by atoms with Crippen LogP contribution in [0.15, 0.2) is 78.1 Å². The third kappa shape index (κ3) is 4.94. The van der Waals surface area contributed by atoms with E-state index in [1.165, 1.54) is 6.07 Å². The maximum atomic E-state index is 13.1. The molecule has 32 heavy (non-hydrogen) atoms. The van der Waals surface area contributed by atoms with Gasteiger partial charge in [-0.05, 0) is 42.2 Å². The standard InChI is InChI=1S/C25H27N5O2/c1-18(2)13-20(19-7-6-11-26-14-19)15-27-25(32)22-8-5-9-23-28-21(17-30(22)23)16-29-12-4-3-10-24(29)31/h3-12,14,17-18,20H,13,15-16H2,1-2H3,(H,27,32). The van der Waals surface area contributed by atoms with Gasteiger partial charge in [-0.2, -0.15) is 0 Å². The molecule has 4 rings (SSSR count). The summed E-state index contributed by atoms with van der Waals surface area (Å²) in [4.78, 5) is 33.9. The van der Waals surface area contributed by atoms with Gasteiger partial charge in [-0.1, -0.05) is 32.0 Å². The molecule has 0 aromatic carbocycles. The zero-order chi connectivity index (χ0) is 22.5. The minimum atomic E-state index is -0.158. The van der Waals surface area contributed by atoms with Crippen molar-refractivity contribution in [2.45, 2.75) is 32.7 Å². The third-order valence-corrected chi connectivity index (χ3v) is 5.43. The van der Waals surface area contributed by atoms with Gasteiger partial charge in [0.2, 0.25) is 0 Å².